The molecule has 154 valence electrons. The van der Waals surface area contributed by atoms with Crippen molar-refractivity contribution in [2.45, 2.75) is 13.0 Å². The summed E-state index contributed by atoms with van der Waals surface area (Å²) in [5.74, 6) is 0.104. The van der Waals surface area contributed by atoms with Crippen molar-refractivity contribution in [2.24, 2.45) is 0 Å². The minimum Gasteiger partial charge on any atom is -0.493 e. The lowest BCUT2D eigenvalue weighted by Gasteiger charge is -2.17. The Hall–Kier alpha value is -3.80. The molecule has 6 heteroatoms. The van der Waals surface area contributed by atoms with Crippen LogP contribution in [0.3, 0.4) is 0 Å². The number of carbonyl (C=O) groups is 2. The SMILES string of the molecule is COc1cccc(C(=O)Nc2ccccc2C(=O)N[C@@H](C)c2ccccc2)c1OC. The van der Waals surface area contributed by atoms with Crippen LogP contribution < -0.4 is 20.1 Å². The quantitative estimate of drug-likeness (QED) is 0.610. The average Bonchev–Trinajstić information content (AvgIpc) is 2.79. The lowest BCUT2D eigenvalue weighted by atomic mass is 10.1. The van der Waals surface area contributed by atoms with Crippen LogP contribution in [0, 0.1) is 0 Å². The number of hydrogen-bond donors (Lipinski definition) is 2. The second-order valence-corrected chi connectivity index (χ2v) is 6.65. The number of carbonyl (C=O) groups excluding carboxylic acids is 2. The number of methoxy groups -OCH3 is 2. The van der Waals surface area contributed by atoms with Gasteiger partial charge >= 0.3 is 0 Å². The number of rotatable bonds is 7. The fourth-order valence-corrected chi connectivity index (χ4v) is 3.15. The van der Waals surface area contributed by atoms with E-state index in [1.807, 2.05) is 37.3 Å². The number of ether oxygens (including phenoxy) is 2. The first-order valence-corrected chi connectivity index (χ1v) is 9.52. The van der Waals surface area contributed by atoms with Crippen LogP contribution in [0.1, 0.15) is 39.2 Å². The van der Waals surface area contributed by atoms with E-state index in [0.29, 0.717) is 28.3 Å². The third-order valence-electron chi connectivity index (χ3n) is 4.71. The molecular weight excluding hydrogens is 380 g/mol. The molecule has 0 heterocycles. The van der Waals surface area contributed by atoms with Crippen molar-refractivity contribution in [1.29, 1.82) is 0 Å². The molecule has 1 atom stereocenters. The van der Waals surface area contributed by atoms with Gasteiger partial charge in [-0.3, -0.25) is 9.59 Å². The Morgan fingerprint density at radius 1 is 0.767 bits per heavy atom. The Morgan fingerprint density at radius 3 is 2.13 bits per heavy atom. The van der Waals surface area contributed by atoms with Gasteiger partial charge < -0.3 is 20.1 Å². The van der Waals surface area contributed by atoms with E-state index in [0.717, 1.165) is 5.56 Å². The van der Waals surface area contributed by atoms with Gasteiger partial charge in [0.25, 0.3) is 11.8 Å². The topological polar surface area (TPSA) is 76.7 Å². The van der Waals surface area contributed by atoms with Gasteiger partial charge in [-0.2, -0.15) is 0 Å². The molecule has 2 amide bonds. The van der Waals surface area contributed by atoms with Gasteiger partial charge in [0.2, 0.25) is 0 Å². The Bertz CT molecular complexity index is 1030. The van der Waals surface area contributed by atoms with Gasteiger partial charge in [-0.15, -0.1) is 0 Å². The highest BCUT2D eigenvalue weighted by atomic mass is 16.5. The Morgan fingerprint density at radius 2 is 1.43 bits per heavy atom. The monoisotopic (exact) mass is 404 g/mol. The average molecular weight is 404 g/mol. The van der Waals surface area contributed by atoms with E-state index in [-0.39, 0.29) is 11.9 Å². The van der Waals surface area contributed by atoms with Gasteiger partial charge in [-0.1, -0.05) is 48.5 Å². The van der Waals surface area contributed by atoms with Crippen LogP contribution in [0.25, 0.3) is 0 Å². The molecule has 3 aromatic carbocycles. The molecular formula is C24H24N2O4. The number of amides is 2. The molecule has 6 nitrogen and oxygen atoms in total. The molecule has 0 fully saturated rings. The van der Waals surface area contributed by atoms with Crippen molar-refractivity contribution >= 4 is 17.5 Å². The van der Waals surface area contributed by atoms with E-state index in [4.69, 9.17) is 9.47 Å². The molecule has 0 aliphatic heterocycles. The number of nitrogens with one attached hydrogen (secondary N) is 2. The highest BCUT2D eigenvalue weighted by Gasteiger charge is 2.20. The maximum atomic E-state index is 12.9. The third kappa shape index (κ3) is 4.60. The molecule has 0 aliphatic rings. The van der Waals surface area contributed by atoms with Crippen molar-refractivity contribution in [3.8, 4) is 11.5 Å². The summed E-state index contributed by atoms with van der Waals surface area (Å²) in [6.45, 7) is 1.91. The molecule has 0 bridgehead atoms. The van der Waals surface area contributed by atoms with Crippen molar-refractivity contribution in [1.82, 2.24) is 5.32 Å². The lowest BCUT2D eigenvalue weighted by Crippen LogP contribution is -2.28. The molecule has 0 aromatic heterocycles. The number of benzene rings is 3. The fraction of sp³-hybridized carbons (Fsp3) is 0.167. The van der Waals surface area contributed by atoms with Gasteiger partial charge in [0.15, 0.2) is 11.5 Å². The molecule has 0 saturated carbocycles. The summed E-state index contributed by atoms with van der Waals surface area (Å²) in [5.41, 5.74) is 2.08. The summed E-state index contributed by atoms with van der Waals surface area (Å²) in [5, 5.41) is 5.78. The van der Waals surface area contributed by atoms with Crippen LogP contribution in [-0.2, 0) is 0 Å². The summed E-state index contributed by atoms with van der Waals surface area (Å²) in [4.78, 5) is 25.8. The largest absolute Gasteiger partial charge is 0.493 e. The van der Waals surface area contributed by atoms with Gasteiger partial charge in [0.1, 0.15) is 0 Å². The summed E-state index contributed by atoms with van der Waals surface area (Å²) in [6.07, 6.45) is 0. The lowest BCUT2D eigenvalue weighted by molar-refractivity contribution is 0.0941. The molecule has 30 heavy (non-hydrogen) atoms. The zero-order chi connectivity index (χ0) is 21.5. The van der Waals surface area contributed by atoms with Crippen molar-refractivity contribution in [3.63, 3.8) is 0 Å². The number of hydrogen-bond acceptors (Lipinski definition) is 4. The summed E-state index contributed by atoms with van der Waals surface area (Å²) in [7, 11) is 2.98. The Labute approximate surface area is 175 Å². The predicted octanol–water partition coefficient (Wildman–Crippen LogP) is 4.45. The molecule has 2 N–H and O–H groups in total. The smallest absolute Gasteiger partial charge is 0.259 e. The van der Waals surface area contributed by atoms with E-state index in [1.54, 1.807) is 42.5 Å². The van der Waals surface area contributed by atoms with E-state index >= 15 is 0 Å². The normalized spacial score (nSPS) is 11.3. The van der Waals surface area contributed by atoms with Crippen LogP contribution in [-0.4, -0.2) is 26.0 Å². The van der Waals surface area contributed by atoms with Crippen molar-refractivity contribution < 1.29 is 19.1 Å². The molecule has 0 aliphatic carbocycles. The molecule has 0 radical (unpaired) electrons. The Kier molecular flexibility index (Phi) is 6.70. The first kappa shape index (κ1) is 20.9. The van der Waals surface area contributed by atoms with E-state index in [9.17, 15) is 9.59 Å². The van der Waals surface area contributed by atoms with Crippen LogP contribution in [0.15, 0.2) is 72.8 Å². The van der Waals surface area contributed by atoms with Crippen LogP contribution in [0.4, 0.5) is 5.69 Å². The second kappa shape index (κ2) is 9.60. The molecule has 3 rings (SSSR count). The fourth-order valence-electron chi connectivity index (χ4n) is 3.15. The van der Waals surface area contributed by atoms with Crippen LogP contribution >= 0.6 is 0 Å². The molecule has 3 aromatic rings. The predicted molar refractivity (Wildman–Crippen MR) is 116 cm³/mol. The second-order valence-electron chi connectivity index (χ2n) is 6.65. The number of anilines is 1. The first-order valence-electron chi connectivity index (χ1n) is 9.52. The molecule has 0 unspecified atom stereocenters. The van der Waals surface area contributed by atoms with Crippen molar-refractivity contribution in [3.05, 3.63) is 89.5 Å². The van der Waals surface area contributed by atoms with Gasteiger partial charge in [0, 0.05) is 0 Å². The maximum Gasteiger partial charge on any atom is 0.259 e. The zero-order valence-corrected chi connectivity index (χ0v) is 17.1. The van der Waals surface area contributed by atoms with Gasteiger partial charge in [-0.05, 0) is 36.8 Å². The summed E-state index contributed by atoms with van der Waals surface area (Å²) >= 11 is 0. The minimum atomic E-state index is -0.401. The Balaban J connectivity index is 1.82. The molecule has 0 spiro atoms. The first-order chi connectivity index (χ1) is 14.5. The highest BCUT2D eigenvalue weighted by molar-refractivity contribution is 6.10. The minimum absolute atomic E-state index is 0.180. The molecule has 0 saturated heterocycles. The van der Waals surface area contributed by atoms with Gasteiger partial charge in [0.05, 0.1) is 37.1 Å². The van der Waals surface area contributed by atoms with E-state index in [1.165, 1.54) is 14.2 Å². The number of para-hydroxylation sites is 2. The summed E-state index contributed by atoms with van der Waals surface area (Å²) < 4.78 is 10.6. The standard InChI is InChI=1S/C24H24N2O4/c1-16(17-10-5-4-6-11-17)25-23(27)18-12-7-8-14-20(18)26-24(28)19-13-9-15-21(29-2)22(19)30-3/h4-16H,1-3H3,(H,25,27)(H,26,28)/t16-/m0/s1. The zero-order valence-electron chi connectivity index (χ0n) is 17.1. The van der Waals surface area contributed by atoms with Crippen LogP contribution in [0.2, 0.25) is 0 Å². The van der Waals surface area contributed by atoms with E-state index in [2.05, 4.69) is 10.6 Å². The summed E-state index contributed by atoms with van der Waals surface area (Å²) in [6, 6.07) is 21.4. The third-order valence-corrected chi connectivity index (χ3v) is 4.71. The maximum absolute atomic E-state index is 12.9. The van der Waals surface area contributed by atoms with Gasteiger partial charge in [-0.25, -0.2) is 0 Å². The van der Waals surface area contributed by atoms with Crippen LogP contribution in [0.5, 0.6) is 11.5 Å². The highest BCUT2D eigenvalue weighted by Crippen LogP contribution is 2.31. The van der Waals surface area contributed by atoms with E-state index < -0.39 is 5.91 Å². The van der Waals surface area contributed by atoms with Crippen molar-refractivity contribution in [2.75, 3.05) is 19.5 Å².